The van der Waals surface area contributed by atoms with Gasteiger partial charge >= 0.3 is 7.60 Å². The van der Waals surface area contributed by atoms with E-state index < -0.39 is 7.60 Å². The van der Waals surface area contributed by atoms with Crippen LogP contribution in [-0.4, -0.2) is 25.4 Å². The van der Waals surface area contributed by atoms with Crippen molar-refractivity contribution in [2.24, 2.45) is 11.7 Å². The summed E-state index contributed by atoms with van der Waals surface area (Å²) in [5.41, 5.74) is 5.83. The summed E-state index contributed by atoms with van der Waals surface area (Å²) < 4.78 is 22.3. The molecule has 0 aliphatic heterocycles. The summed E-state index contributed by atoms with van der Waals surface area (Å²) in [4.78, 5) is 0. The van der Waals surface area contributed by atoms with Gasteiger partial charge in [-0.2, -0.15) is 0 Å². The van der Waals surface area contributed by atoms with Crippen molar-refractivity contribution in [3.05, 3.63) is 0 Å². The van der Waals surface area contributed by atoms with E-state index in [1.807, 2.05) is 13.8 Å². The fraction of sp³-hybridized carbons (Fsp3) is 1.00. The zero-order valence-electron chi connectivity index (χ0n) is 9.53. The molecule has 0 aromatic rings. The lowest BCUT2D eigenvalue weighted by Crippen LogP contribution is -2.31. The molecule has 0 aromatic carbocycles. The van der Waals surface area contributed by atoms with Gasteiger partial charge in [0.25, 0.3) is 0 Å². The summed E-state index contributed by atoms with van der Waals surface area (Å²) in [6.45, 7) is 8.36. The number of rotatable bonds is 7. The maximum Gasteiger partial charge on any atom is 0.332 e. The average molecular weight is 223 g/mol. The highest BCUT2D eigenvalue weighted by atomic mass is 31.2. The Hall–Kier alpha value is 0.110. The standard InChI is InChI=1S/C9H22NO3P/c1-5-12-14(11,13-6-2)7-9(10)8(3)4/h8-9H,5-7,10H2,1-4H3/t9-/m1/s1. The van der Waals surface area contributed by atoms with Crippen LogP contribution < -0.4 is 5.73 Å². The molecule has 0 unspecified atom stereocenters. The van der Waals surface area contributed by atoms with Gasteiger partial charge in [0.2, 0.25) is 0 Å². The molecule has 0 saturated heterocycles. The van der Waals surface area contributed by atoms with Crippen molar-refractivity contribution in [1.29, 1.82) is 0 Å². The van der Waals surface area contributed by atoms with Crippen LogP contribution >= 0.6 is 7.60 Å². The van der Waals surface area contributed by atoms with Crippen molar-refractivity contribution < 1.29 is 13.6 Å². The van der Waals surface area contributed by atoms with E-state index >= 15 is 0 Å². The van der Waals surface area contributed by atoms with Crippen LogP contribution in [0.5, 0.6) is 0 Å². The van der Waals surface area contributed by atoms with E-state index in [1.165, 1.54) is 0 Å². The van der Waals surface area contributed by atoms with Gasteiger partial charge in [0.15, 0.2) is 0 Å². The van der Waals surface area contributed by atoms with Crippen LogP contribution in [0.1, 0.15) is 27.7 Å². The number of hydrogen-bond donors (Lipinski definition) is 1. The maximum absolute atomic E-state index is 12.0. The summed E-state index contributed by atoms with van der Waals surface area (Å²) in [5, 5.41) is 0. The minimum atomic E-state index is -2.95. The molecule has 0 radical (unpaired) electrons. The molecule has 0 aromatic heterocycles. The lowest BCUT2D eigenvalue weighted by Gasteiger charge is -2.22. The fourth-order valence-corrected chi connectivity index (χ4v) is 3.02. The quantitative estimate of drug-likeness (QED) is 0.672. The SMILES string of the molecule is CCOP(=O)(C[C@@H](N)C(C)C)OCC. The zero-order chi connectivity index (χ0) is 11.2. The molecule has 2 N–H and O–H groups in total. The lowest BCUT2D eigenvalue weighted by atomic mass is 10.1. The normalized spacial score (nSPS) is 14.7. The minimum absolute atomic E-state index is 0.140. The second-order valence-electron chi connectivity index (χ2n) is 3.54. The third-order valence-corrected chi connectivity index (χ3v) is 4.11. The largest absolute Gasteiger partial charge is 0.332 e. The van der Waals surface area contributed by atoms with Crippen LogP contribution in [0, 0.1) is 5.92 Å². The predicted molar refractivity (Wildman–Crippen MR) is 58.5 cm³/mol. The Bertz CT molecular complexity index is 186. The van der Waals surface area contributed by atoms with Gasteiger partial charge in [-0.05, 0) is 19.8 Å². The van der Waals surface area contributed by atoms with Gasteiger partial charge < -0.3 is 14.8 Å². The van der Waals surface area contributed by atoms with E-state index in [0.717, 1.165) is 0 Å². The molecule has 0 amide bonds. The Labute approximate surface area is 86.7 Å². The van der Waals surface area contributed by atoms with Gasteiger partial charge in [-0.3, -0.25) is 4.57 Å². The van der Waals surface area contributed by atoms with Crippen LogP contribution in [0.25, 0.3) is 0 Å². The molecule has 0 aliphatic carbocycles. The summed E-state index contributed by atoms with van der Waals surface area (Å²) in [6.07, 6.45) is 0.298. The van der Waals surface area contributed by atoms with Crippen molar-refractivity contribution in [3.63, 3.8) is 0 Å². The Morgan fingerprint density at radius 2 is 1.64 bits per heavy atom. The van der Waals surface area contributed by atoms with Crippen LogP contribution in [-0.2, 0) is 13.6 Å². The van der Waals surface area contributed by atoms with Crippen molar-refractivity contribution in [3.8, 4) is 0 Å². The van der Waals surface area contributed by atoms with Crippen LogP contribution in [0.2, 0.25) is 0 Å². The third-order valence-electron chi connectivity index (χ3n) is 1.94. The molecule has 14 heavy (non-hydrogen) atoms. The van der Waals surface area contributed by atoms with Gasteiger partial charge in [0, 0.05) is 6.04 Å². The lowest BCUT2D eigenvalue weighted by molar-refractivity contribution is 0.217. The first-order valence-corrected chi connectivity index (χ1v) is 6.81. The molecule has 0 bridgehead atoms. The Morgan fingerprint density at radius 3 is 1.93 bits per heavy atom. The molecule has 86 valence electrons. The first-order chi connectivity index (χ1) is 6.45. The molecule has 0 fully saturated rings. The highest BCUT2D eigenvalue weighted by Gasteiger charge is 2.27. The second kappa shape index (κ2) is 6.57. The Morgan fingerprint density at radius 1 is 1.21 bits per heavy atom. The second-order valence-corrected chi connectivity index (χ2v) is 5.64. The van der Waals surface area contributed by atoms with Gasteiger partial charge in [0.1, 0.15) is 0 Å². The zero-order valence-corrected chi connectivity index (χ0v) is 10.4. The molecule has 0 rings (SSSR count). The summed E-state index contributed by atoms with van der Waals surface area (Å²) >= 11 is 0. The maximum atomic E-state index is 12.0. The third kappa shape index (κ3) is 5.11. The molecule has 0 spiro atoms. The molecular formula is C9H22NO3P. The van der Waals surface area contributed by atoms with E-state index in [0.29, 0.717) is 19.4 Å². The number of nitrogens with two attached hydrogens (primary N) is 1. The highest BCUT2D eigenvalue weighted by Crippen LogP contribution is 2.48. The number of hydrogen-bond acceptors (Lipinski definition) is 4. The molecule has 0 heterocycles. The smallest absolute Gasteiger partial charge is 0.327 e. The topological polar surface area (TPSA) is 61.5 Å². The van der Waals surface area contributed by atoms with E-state index in [1.54, 1.807) is 13.8 Å². The molecule has 5 heteroatoms. The van der Waals surface area contributed by atoms with E-state index in [2.05, 4.69) is 0 Å². The predicted octanol–water partition coefficient (Wildman–Crippen LogP) is 2.24. The fourth-order valence-electron chi connectivity index (χ4n) is 1.01. The average Bonchev–Trinajstić information content (AvgIpc) is 2.04. The summed E-state index contributed by atoms with van der Waals surface area (Å²) in [6, 6.07) is -0.140. The molecule has 1 atom stereocenters. The van der Waals surface area contributed by atoms with Gasteiger partial charge in [-0.25, -0.2) is 0 Å². The van der Waals surface area contributed by atoms with E-state index in [9.17, 15) is 4.57 Å². The highest BCUT2D eigenvalue weighted by molar-refractivity contribution is 7.53. The Balaban J connectivity index is 4.28. The first-order valence-electron chi connectivity index (χ1n) is 5.09. The van der Waals surface area contributed by atoms with Crippen LogP contribution in [0.3, 0.4) is 0 Å². The van der Waals surface area contributed by atoms with Crippen molar-refractivity contribution >= 4 is 7.60 Å². The van der Waals surface area contributed by atoms with Gasteiger partial charge in [-0.15, -0.1) is 0 Å². The van der Waals surface area contributed by atoms with Gasteiger partial charge in [-0.1, -0.05) is 13.8 Å². The van der Waals surface area contributed by atoms with E-state index in [4.69, 9.17) is 14.8 Å². The first kappa shape index (κ1) is 14.1. The molecular weight excluding hydrogens is 201 g/mol. The van der Waals surface area contributed by atoms with Crippen molar-refractivity contribution in [2.45, 2.75) is 33.7 Å². The van der Waals surface area contributed by atoms with Crippen LogP contribution in [0.4, 0.5) is 0 Å². The van der Waals surface area contributed by atoms with Crippen molar-refractivity contribution in [2.75, 3.05) is 19.4 Å². The summed E-state index contributed by atoms with van der Waals surface area (Å²) in [5.74, 6) is 0.282. The monoisotopic (exact) mass is 223 g/mol. The minimum Gasteiger partial charge on any atom is -0.327 e. The van der Waals surface area contributed by atoms with Crippen LogP contribution in [0.15, 0.2) is 0 Å². The molecule has 4 nitrogen and oxygen atoms in total. The van der Waals surface area contributed by atoms with Crippen molar-refractivity contribution in [1.82, 2.24) is 0 Å². The Kier molecular flexibility index (Phi) is 6.62. The van der Waals surface area contributed by atoms with E-state index in [-0.39, 0.29) is 12.0 Å². The molecule has 0 aliphatic rings. The summed E-state index contributed by atoms with van der Waals surface area (Å²) in [7, 11) is -2.95. The molecule has 0 saturated carbocycles. The van der Waals surface area contributed by atoms with Gasteiger partial charge in [0.05, 0.1) is 19.4 Å².